The summed E-state index contributed by atoms with van der Waals surface area (Å²) in [7, 11) is 0. The van der Waals surface area contributed by atoms with Gasteiger partial charge in [-0.05, 0) is 41.5 Å². The molecule has 1 amide bonds. The number of hydrogen-bond acceptors (Lipinski definition) is 3. The van der Waals surface area contributed by atoms with E-state index < -0.39 is 6.10 Å². The minimum absolute atomic E-state index is 0.113. The molecule has 22 heavy (non-hydrogen) atoms. The Labute approximate surface area is 138 Å². The molecule has 1 aromatic heterocycles. The second-order valence-electron chi connectivity index (χ2n) is 4.56. The number of pyridine rings is 1. The van der Waals surface area contributed by atoms with Crippen molar-refractivity contribution in [3.8, 4) is 0 Å². The van der Waals surface area contributed by atoms with Crippen molar-refractivity contribution in [1.82, 2.24) is 10.3 Å². The monoisotopic (exact) mass is 336 g/mol. The van der Waals surface area contributed by atoms with Crippen molar-refractivity contribution >= 4 is 35.2 Å². The highest BCUT2D eigenvalue weighted by molar-refractivity contribution is 6.30. The standard InChI is InChI=1S/C16H14Cl2N2O2/c17-13-4-2-12(3-5-13)14(21)10-20-16(22)6-1-11-7-8-19-15(18)9-11/h1-9,14,21H,10H2,(H,20,22)/b6-1+. The summed E-state index contributed by atoms with van der Waals surface area (Å²) in [5, 5.41) is 13.6. The fourth-order valence-electron chi connectivity index (χ4n) is 1.75. The van der Waals surface area contributed by atoms with Crippen LogP contribution in [-0.2, 0) is 4.79 Å². The number of nitrogens with zero attached hydrogens (tertiary/aromatic N) is 1. The first kappa shape index (κ1) is 16.5. The Morgan fingerprint density at radius 1 is 1.27 bits per heavy atom. The first-order valence-electron chi connectivity index (χ1n) is 6.55. The number of aromatic nitrogens is 1. The fourth-order valence-corrected chi connectivity index (χ4v) is 2.06. The Morgan fingerprint density at radius 2 is 2.00 bits per heavy atom. The first-order valence-corrected chi connectivity index (χ1v) is 7.31. The lowest BCUT2D eigenvalue weighted by molar-refractivity contribution is -0.116. The van der Waals surface area contributed by atoms with E-state index in [-0.39, 0.29) is 12.5 Å². The lowest BCUT2D eigenvalue weighted by Crippen LogP contribution is -2.26. The van der Waals surface area contributed by atoms with Crippen LogP contribution in [0.3, 0.4) is 0 Å². The number of hydrogen-bond donors (Lipinski definition) is 2. The Hall–Kier alpha value is -1.88. The van der Waals surface area contributed by atoms with Gasteiger partial charge < -0.3 is 10.4 Å². The maximum Gasteiger partial charge on any atom is 0.244 e. The number of carbonyl (C=O) groups excluding carboxylic acids is 1. The van der Waals surface area contributed by atoms with Gasteiger partial charge in [0.05, 0.1) is 6.10 Å². The summed E-state index contributed by atoms with van der Waals surface area (Å²) in [5.74, 6) is -0.305. The van der Waals surface area contributed by atoms with Gasteiger partial charge in [0, 0.05) is 23.8 Å². The molecule has 4 nitrogen and oxygen atoms in total. The molecule has 0 aliphatic heterocycles. The minimum Gasteiger partial charge on any atom is -0.387 e. The third-order valence-corrected chi connectivity index (χ3v) is 3.36. The lowest BCUT2D eigenvalue weighted by Gasteiger charge is -2.11. The van der Waals surface area contributed by atoms with Crippen molar-refractivity contribution in [2.24, 2.45) is 0 Å². The summed E-state index contributed by atoms with van der Waals surface area (Å²) in [5.41, 5.74) is 1.46. The molecule has 0 saturated heterocycles. The smallest absolute Gasteiger partial charge is 0.244 e. The van der Waals surface area contributed by atoms with E-state index in [4.69, 9.17) is 23.2 Å². The number of benzene rings is 1. The van der Waals surface area contributed by atoms with E-state index in [0.29, 0.717) is 15.7 Å². The van der Waals surface area contributed by atoms with Crippen molar-refractivity contribution in [3.63, 3.8) is 0 Å². The maximum absolute atomic E-state index is 11.7. The summed E-state index contributed by atoms with van der Waals surface area (Å²) in [6.45, 7) is 0.113. The molecule has 0 aliphatic rings. The third-order valence-electron chi connectivity index (χ3n) is 2.90. The van der Waals surface area contributed by atoms with Crippen LogP contribution < -0.4 is 5.32 Å². The van der Waals surface area contributed by atoms with Gasteiger partial charge in [-0.15, -0.1) is 0 Å². The predicted molar refractivity (Wildman–Crippen MR) is 87.7 cm³/mol. The van der Waals surface area contributed by atoms with Gasteiger partial charge in [-0.25, -0.2) is 4.98 Å². The summed E-state index contributed by atoms with van der Waals surface area (Å²) in [4.78, 5) is 15.6. The summed E-state index contributed by atoms with van der Waals surface area (Å²) >= 11 is 11.5. The molecule has 1 heterocycles. The third kappa shape index (κ3) is 5.15. The second-order valence-corrected chi connectivity index (χ2v) is 5.38. The highest BCUT2D eigenvalue weighted by Crippen LogP contribution is 2.15. The topological polar surface area (TPSA) is 62.2 Å². The Balaban J connectivity index is 1.86. The van der Waals surface area contributed by atoms with E-state index in [1.807, 2.05) is 0 Å². The molecule has 6 heteroatoms. The van der Waals surface area contributed by atoms with Crippen molar-refractivity contribution < 1.29 is 9.90 Å². The number of rotatable bonds is 5. The molecule has 0 fully saturated rings. The van der Waals surface area contributed by atoms with Crippen LogP contribution in [-0.4, -0.2) is 22.5 Å². The maximum atomic E-state index is 11.7. The Morgan fingerprint density at radius 3 is 2.68 bits per heavy atom. The van der Waals surface area contributed by atoms with Crippen LogP contribution in [0.1, 0.15) is 17.2 Å². The average molecular weight is 337 g/mol. The summed E-state index contributed by atoms with van der Waals surface area (Å²) < 4.78 is 0. The molecule has 0 saturated carbocycles. The number of halogens is 2. The average Bonchev–Trinajstić information content (AvgIpc) is 2.51. The highest BCUT2D eigenvalue weighted by Gasteiger charge is 2.08. The normalized spacial score (nSPS) is 12.3. The van der Waals surface area contributed by atoms with E-state index in [9.17, 15) is 9.90 Å². The van der Waals surface area contributed by atoms with Gasteiger partial charge >= 0.3 is 0 Å². The fraction of sp³-hybridized carbons (Fsp3) is 0.125. The van der Waals surface area contributed by atoms with E-state index in [0.717, 1.165) is 5.56 Å². The van der Waals surface area contributed by atoms with Gasteiger partial charge in [0.1, 0.15) is 5.15 Å². The van der Waals surface area contributed by atoms with Gasteiger partial charge in [0.15, 0.2) is 0 Å². The molecule has 0 aliphatic carbocycles. The number of aliphatic hydroxyl groups is 1. The van der Waals surface area contributed by atoms with E-state index in [1.54, 1.807) is 48.7 Å². The number of nitrogens with one attached hydrogen (secondary N) is 1. The molecule has 2 aromatic rings. The number of carbonyl (C=O) groups is 1. The van der Waals surface area contributed by atoms with Crippen molar-refractivity contribution in [3.05, 3.63) is 70.0 Å². The molecular formula is C16H14Cl2N2O2. The van der Waals surface area contributed by atoms with Crippen LogP contribution >= 0.6 is 23.2 Å². The van der Waals surface area contributed by atoms with Crippen molar-refractivity contribution in [2.45, 2.75) is 6.10 Å². The van der Waals surface area contributed by atoms with Gasteiger partial charge in [-0.1, -0.05) is 35.3 Å². The van der Waals surface area contributed by atoms with Crippen LogP contribution in [0.4, 0.5) is 0 Å². The molecule has 1 aromatic carbocycles. The van der Waals surface area contributed by atoms with Gasteiger partial charge in [-0.3, -0.25) is 4.79 Å². The zero-order valence-corrected chi connectivity index (χ0v) is 13.1. The SMILES string of the molecule is O=C(/C=C/c1ccnc(Cl)c1)NCC(O)c1ccc(Cl)cc1. The molecule has 0 spiro atoms. The van der Waals surface area contributed by atoms with Crippen molar-refractivity contribution in [1.29, 1.82) is 0 Å². The highest BCUT2D eigenvalue weighted by atomic mass is 35.5. The van der Waals surface area contributed by atoms with Crippen LogP contribution in [0, 0.1) is 0 Å². The van der Waals surface area contributed by atoms with Crippen LogP contribution in [0.5, 0.6) is 0 Å². The van der Waals surface area contributed by atoms with Gasteiger partial charge in [-0.2, -0.15) is 0 Å². The van der Waals surface area contributed by atoms with Crippen LogP contribution in [0.15, 0.2) is 48.7 Å². The van der Waals surface area contributed by atoms with E-state index in [2.05, 4.69) is 10.3 Å². The molecular weight excluding hydrogens is 323 g/mol. The van der Waals surface area contributed by atoms with Crippen LogP contribution in [0.2, 0.25) is 10.2 Å². The van der Waals surface area contributed by atoms with Gasteiger partial charge in [0.25, 0.3) is 0 Å². The molecule has 0 bridgehead atoms. The van der Waals surface area contributed by atoms with Gasteiger partial charge in [0.2, 0.25) is 5.91 Å². The Bertz CT molecular complexity index is 672. The second kappa shape index (κ2) is 7.94. The predicted octanol–water partition coefficient (Wildman–Crippen LogP) is 3.25. The zero-order chi connectivity index (χ0) is 15.9. The number of amides is 1. The molecule has 0 radical (unpaired) electrons. The quantitative estimate of drug-likeness (QED) is 0.650. The molecule has 2 N–H and O–H groups in total. The molecule has 2 rings (SSSR count). The summed E-state index contributed by atoms with van der Waals surface area (Å²) in [6.07, 6.45) is 3.77. The minimum atomic E-state index is -0.787. The zero-order valence-electron chi connectivity index (χ0n) is 11.5. The molecule has 1 atom stereocenters. The van der Waals surface area contributed by atoms with Crippen molar-refractivity contribution in [2.75, 3.05) is 6.54 Å². The Kier molecular flexibility index (Phi) is 5.95. The molecule has 1 unspecified atom stereocenters. The summed E-state index contributed by atoms with van der Waals surface area (Å²) in [6, 6.07) is 10.2. The van der Waals surface area contributed by atoms with Crippen LogP contribution in [0.25, 0.3) is 6.08 Å². The number of aliphatic hydroxyl groups excluding tert-OH is 1. The first-order chi connectivity index (χ1) is 10.5. The van der Waals surface area contributed by atoms with E-state index >= 15 is 0 Å². The molecule has 114 valence electrons. The van der Waals surface area contributed by atoms with E-state index in [1.165, 1.54) is 6.08 Å². The largest absolute Gasteiger partial charge is 0.387 e. The lowest BCUT2D eigenvalue weighted by atomic mass is 10.1.